The highest BCUT2D eigenvalue weighted by Gasteiger charge is 2.15. The molecule has 0 aliphatic carbocycles. The van der Waals surface area contributed by atoms with Gasteiger partial charge >= 0.3 is 5.91 Å². The number of nitrogen functional groups attached to an aromatic ring is 2. The third kappa shape index (κ3) is 5.63. The fourth-order valence-corrected chi connectivity index (χ4v) is 2.35. The number of carbonyl (C=O) groups excluding carboxylic acids is 1. The van der Waals surface area contributed by atoms with Gasteiger partial charge in [-0.05, 0) is 13.3 Å². The average Bonchev–Trinajstić information content (AvgIpc) is 2.59. The van der Waals surface area contributed by atoms with Gasteiger partial charge in [0.25, 0.3) is 0 Å². The number of carbonyl (C=O) groups is 1. The number of amides is 1. The minimum Gasteiger partial charge on any atom is -0.382 e. The number of nitrogens with zero attached hydrogens (tertiary/aromatic N) is 3. The maximum Gasteiger partial charge on any atom is 0.302 e. The van der Waals surface area contributed by atoms with Gasteiger partial charge in [0.2, 0.25) is 0 Å². The molecule has 0 aliphatic heterocycles. The summed E-state index contributed by atoms with van der Waals surface area (Å²) >= 11 is 5.74. The van der Waals surface area contributed by atoms with Crippen LogP contribution in [0.3, 0.4) is 0 Å². The molecular formula is C16H21BClN7O. The van der Waals surface area contributed by atoms with Gasteiger partial charge in [-0.1, -0.05) is 53.2 Å². The molecule has 0 fully saturated rings. The van der Waals surface area contributed by atoms with Crippen molar-refractivity contribution in [1.82, 2.24) is 15.3 Å². The summed E-state index contributed by atoms with van der Waals surface area (Å²) in [5.41, 5.74) is 19.1. The average molecular weight is 374 g/mol. The standard InChI is InChI=1S/C16H21BClN7O/c1-9-3-5-10(6-4-9)17-7-2-8-22-16(21)25-15(26)11-13(19)24-14(20)12(18)23-11/h3-6,17H,2,7-8H2,1H3,(H4,19,20,24)(H3,21,22,25,26). The molecule has 1 aromatic carbocycles. The Bertz CT molecular complexity index is 811. The molecule has 0 aliphatic rings. The molecule has 0 unspecified atom stereocenters. The Morgan fingerprint density at radius 1 is 1.23 bits per heavy atom. The van der Waals surface area contributed by atoms with Crippen LogP contribution in [0.1, 0.15) is 22.5 Å². The number of aromatic nitrogens is 2. The molecule has 1 amide bonds. The second-order valence-electron chi connectivity index (χ2n) is 5.81. The van der Waals surface area contributed by atoms with Gasteiger partial charge < -0.3 is 22.5 Å². The molecule has 136 valence electrons. The molecule has 10 heteroatoms. The number of benzene rings is 1. The molecule has 0 radical (unpaired) electrons. The Balaban J connectivity index is 1.80. The highest BCUT2D eigenvalue weighted by molar-refractivity contribution is 6.53. The van der Waals surface area contributed by atoms with Gasteiger partial charge in [-0.3, -0.25) is 4.79 Å². The third-order valence-electron chi connectivity index (χ3n) is 3.65. The van der Waals surface area contributed by atoms with E-state index in [2.05, 4.69) is 51.5 Å². The van der Waals surface area contributed by atoms with Crippen LogP contribution in [0.25, 0.3) is 0 Å². The van der Waals surface area contributed by atoms with Crippen LogP contribution in [-0.4, -0.2) is 35.7 Å². The number of nitrogens with one attached hydrogen (secondary N) is 1. The number of hydrogen-bond acceptors (Lipinski definition) is 5. The van der Waals surface area contributed by atoms with Crippen LogP contribution in [-0.2, 0) is 0 Å². The van der Waals surface area contributed by atoms with E-state index in [4.69, 9.17) is 28.8 Å². The number of aryl methyl sites for hydroxylation is 1. The lowest BCUT2D eigenvalue weighted by Gasteiger charge is -2.06. The molecule has 1 heterocycles. The molecule has 8 nitrogen and oxygen atoms in total. The van der Waals surface area contributed by atoms with Crippen molar-refractivity contribution in [3.8, 4) is 0 Å². The number of nitrogens with two attached hydrogens (primary N) is 3. The van der Waals surface area contributed by atoms with Crippen molar-refractivity contribution in [2.24, 2.45) is 10.7 Å². The number of hydrogen-bond donors (Lipinski definition) is 4. The van der Waals surface area contributed by atoms with E-state index in [-0.39, 0.29) is 28.4 Å². The van der Waals surface area contributed by atoms with Crippen molar-refractivity contribution in [3.05, 3.63) is 40.7 Å². The lowest BCUT2D eigenvalue weighted by atomic mass is 9.66. The summed E-state index contributed by atoms with van der Waals surface area (Å²) in [7, 11) is 0.980. The molecular weight excluding hydrogens is 352 g/mol. The van der Waals surface area contributed by atoms with E-state index < -0.39 is 5.91 Å². The van der Waals surface area contributed by atoms with Crippen LogP contribution in [0.15, 0.2) is 29.3 Å². The zero-order chi connectivity index (χ0) is 19.1. The van der Waals surface area contributed by atoms with Crippen molar-refractivity contribution in [1.29, 1.82) is 0 Å². The Hall–Kier alpha value is -2.81. The second kappa shape index (κ2) is 9.05. The normalized spacial score (nSPS) is 11.2. The highest BCUT2D eigenvalue weighted by atomic mass is 35.5. The van der Waals surface area contributed by atoms with E-state index in [0.717, 1.165) is 20.0 Å². The number of rotatable bonds is 6. The summed E-state index contributed by atoms with van der Waals surface area (Å²) in [4.78, 5) is 23.3. The van der Waals surface area contributed by atoms with Gasteiger partial charge in [0.05, 0.1) is 0 Å². The van der Waals surface area contributed by atoms with Crippen molar-refractivity contribution >= 4 is 47.8 Å². The molecule has 2 rings (SSSR count). The van der Waals surface area contributed by atoms with Gasteiger partial charge in [-0.2, -0.15) is 4.99 Å². The number of aliphatic imine (C=N–C) groups is 1. The maximum atomic E-state index is 12.1. The van der Waals surface area contributed by atoms with E-state index >= 15 is 0 Å². The Morgan fingerprint density at radius 3 is 2.62 bits per heavy atom. The molecule has 2 aromatic rings. The zero-order valence-electron chi connectivity index (χ0n) is 14.5. The number of guanidine groups is 1. The number of anilines is 2. The van der Waals surface area contributed by atoms with Crippen LogP contribution in [0.5, 0.6) is 0 Å². The first-order chi connectivity index (χ1) is 12.4. The van der Waals surface area contributed by atoms with Gasteiger partial charge in [0.15, 0.2) is 35.7 Å². The first-order valence-corrected chi connectivity index (χ1v) is 8.51. The van der Waals surface area contributed by atoms with Crippen LogP contribution in [0.4, 0.5) is 11.6 Å². The molecule has 0 saturated heterocycles. The van der Waals surface area contributed by atoms with Crippen LogP contribution >= 0.6 is 11.6 Å². The van der Waals surface area contributed by atoms with Gasteiger partial charge in [-0.15, -0.1) is 0 Å². The van der Waals surface area contributed by atoms with Crippen LogP contribution < -0.4 is 28.0 Å². The number of halogens is 1. The summed E-state index contributed by atoms with van der Waals surface area (Å²) in [6.45, 7) is 2.66. The van der Waals surface area contributed by atoms with Gasteiger partial charge in [0, 0.05) is 6.54 Å². The summed E-state index contributed by atoms with van der Waals surface area (Å²) in [6, 6.07) is 8.45. The fourth-order valence-electron chi connectivity index (χ4n) is 2.23. The first kappa shape index (κ1) is 19.5. The van der Waals surface area contributed by atoms with Crippen LogP contribution in [0.2, 0.25) is 11.5 Å². The molecule has 0 bridgehead atoms. The summed E-state index contributed by atoms with van der Waals surface area (Å²) in [6.07, 6.45) is 1.87. The van der Waals surface area contributed by atoms with Crippen molar-refractivity contribution in [2.75, 3.05) is 18.0 Å². The topological polar surface area (TPSA) is 145 Å². The van der Waals surface area contributed by atoms with Crippen molar-refractivity contribution in [3.63, 3.8) is 0 Å². The smallest absolute Gasteiger partial charge is 0.302 e. The first-order valence-electron chi connectivity index (χ1n) is 8.13. The Labute approximate surface area is 157 Å². The molecule has 0 spiro atoms. The second-order valence-corrected chi connectivity index (χ2v) is 6.16. The highest BCUT2D eigenvalue weighted by Crippen LogP contribution is 2.17. The molecule has 1 aromatic heterocycles. The summed E-state index contributed by atoms with van der Waals surface area (Å²) in [5.74, 6) is -0.947. The SMILES string of the molecule is Cc1ccc(BCCCN/C(N)=N/C(=O)c2nc(Cl)c(N)nc2N)cc1. The fraction of sp³-hybridized carbons (Fsp3) is 0.250. The summed E-state index contributed by atoms with van der Waals surface area (Å²) < 4.78 is 0. The lowest BCUT2D eigenvalue weighted by Crippen LogP contribution is -2.33. The Morgan fingerprint density at radius 2 is 1.92 bits per heavy atom. The van der Waals surface area contributed by atoms with Crippen molar-refractivity contribution < 1.29 is 4.79 Å². The summed E-state index contributed by atoms with van der Waals surface area (Å²) in [5, 5.41) is 2.77. The van der Waals surface area contributed by atoms with Crippen molar-refractivity contribution in [2.45, 2.75) is 19.7 Å². The Kier molecular flexibility index (Phi) is 6.79. The monoisotopic (exact) mass is 373 g/mol. The van der Waals surface area contributed by atoms with Crippen LogP contribution in [0, 0.1) is 6.92 Å². The molecule has 7 N–H and O–H groups in total. The predicted octanol–water partition coefficient (Wildman–Crippen LogP) is 0.218. The third-order valence-corrected chi connectivity index (χ3v) is 3.93. The van der Waals surface area contributed by atoms with E-state index in [1.165, 1.54) is 11.0 Å². The molecule has 0 atom stereocenters. The van der Waals surface area contributed by atoms with Gasteiger partial charge in [-0.25, -0.2) is 9.97 Å². The minimum atomic E-state index is -0.735. The van der Waals surface area contributed by atoms with E-state index in [1.54, 1.807) is 0 Å². The molecule has 26 heavy (non-hydrogen) atoms. The lowest BCUT2D eigenvalue weighted by molar-refractivity contribution is 0.0998. The van der Waals surface area contributed by atoms with E-state index in [1.807, 2.05) is 0 Å². The van der Waals surface area contributed by atoms with Gasteiger partial charge in [0.1, 0.15) is 0 Å². The van der Waals surface area contributed by atoms with E-state index in [9.17, 15) is 4.79 Å². The minimum absolute atomic E-state index is 0.0144. The largest absolute Gasteiger partial charge is 0.382 e. The maximum absolute atomic E-state index is 12.1. The zero-order valence-corrected chi connectivity index (χ0v) is 15.3. The quantitative estimate of drug-likeness (QED) is 0.245. The van der Waals surface area contributed by atoms with E-state index in [0.29, 0.717) is 6.54 Å². The molecule has 0 saturated carbocycles. The predicted molar refractivity (Wildman–Crippen MR) is 107 cm³/mol.